The highest BCUT2D eigenvalue weighted by Crippen LogP contribution is 2.26. The Balaban J connectivity index is 1.23. The van der Waals surface area contributed by atoms with Gasteiger partial charge in [0.1, 0.15) is 0 Å². The van der Waals surface area contributed by atoms with E-state index in [-0.39, 0.29) is 11.8 Å². The predicted molar refractivity (Wildman–Crippen MR) is 118 cm³/mol. The number of likely N-dealkylation sites (tertiary alicyclic amines) is 1. The van der Waals surface area contributed by atoms with Crippen LogP contribution in [0, 0.1) is 5.92 Å². The number of aromatic nitrogens is 2. The number of benzene rings is 1. The lowest BCUT2D eigenvalue weighted by molar-refractivity contribution is -0.120. The molecule has 0 spiro atoms. The molecule has 7 heteroatoms. The van der Waals surface area contributed by atoms with Gasteiger partial charge in [0.05, 0.1) is 0 Å². The molecule has 2 heterocycles. The summed E-state index contributed by atoms with van der Waals surface area (Å²) in [4.78, 5) is 14.9. The van der Waals surface area contributed by atoms with Gasteiger partial charge in [0.25, 0.3) is 0 Å². The van der Waals surface area contributed by atoms with E-state index in [1.165, 1.54) is 38.8 Å². The molecule has 1 aliphatic carbocycles. The summed E-state index contributed by atoms with van der Waals surface area (Å²) in [6.07, 6.45) is 10.6. The van der Waals surface area contributed by atoms with Crippen molar-refractivity contribution in [2.75, 3.05) is 36.8 Å². The van der Waals surface area contributed by atoms with E-state index < -0.39 is 0 Å². The van der Waals surface area contributed by atoms with Gasteiger partial charge in [0.2, 0.25) is 11.8 Å². The lowest BCUT2D eigenvalue weighted by Crippen LogP contribution is -2.31. The Morgan fingerprint density at radius 1 is 1.00 bits per heavy atom. The second kappa shape index (κ2) is 10.6. The van der Waals surface area contributed by atoms with E-state index in [1.54, 1.807) is 0 Å². The molecule has 0 unspecified atom stereocenters. The molecule has 1 saturated carbocycles. The van der Waals surface area contributed by atoms with Crippen LogP contribution in [-0.4, -0.2) is 47.2 Å². The summed E-state index contributed by atoms with van der Waals surface area (Å²) in [6.45, 7) is 4.38. The lowest BCUT2D eigenvalue weighted by atomic mass is 9.88. The van der Waals surface area contributed by atoms with Gasteiger partial charge in [-0.05, 0) is 76.0 Å². The minimum absolute atomic E-state index is 0.135. The highest BCUT2D eigenvalue weighted by atomic mass is 16.4. The number of nitrogens with one attached hydrogen (secondary N) is 2. The van der Waals surface area contributed by atoms with Gasteiger partial charge >= 0.3 is 6.01 Å². The first kappa shape index (κ1) is 20.8. The molecule has 4 rings (SSSR count). The fourth-order valence-electron chi connectivity index (χ4n) is 4.40. The van der Waals surface area contributed by atoms with E-state index in [4.69, 9.17) is 4.42 Å². The second-order valence-corrected chi connectivity index (χ2v) is 8.50. The van der Waals surface area contributed by atoms with Crippen LogP contribution in [0.25, 0.3) is 11.5 Å². The molecule has 2 fully saturated rings. The summed E-state index contributed by atoms with van der Waals surface area (Å²) in [5.74, 6) is 0.771. The van der Waals surface area contributed by atoms with Crippen molar-refractivity contribution >= 4 is 17.6 Å². The van der Waals surface area contributed by atoms with Gasteiger partial charge in [-0.1, -0.05) is 30.8 Å². The van der Waals surface area contributed by atoms with Crippen LogP contribution in [0.4, 0.5) is 11.7 Å². The SMILES string of the molecule is O=C(Nc1ccc(-c2nnc(NCCCN3CCCCC3)o2)cc1)C1CCCCC1. The van der Waals surface area contributed by atoms with Crippen molar-refractivity contribution in [2.45, 2.75) is 57.8 Å². The lowest BCUT2D eigenvalue weighted by Gasteiger charge is -2.26. The molecule has 1 aromatic carbocycles. The Bertz CT molecular complexity index is 792. The second-order valence-electron chi connectivity index (χ2n) is 8.50. The van der Waals surface area contributed by atoms with Crippen LogP contribution in [0.2, 0.25) is 0 Å². The summed E-state index contributed by atoms with van der Waals surface area (Å²) in [5.41, 5.74) is 1.66. The van der Waals surface area contributed by atoms with Crippen LogP contribution in [0.15, 0.2) is 28.7 Å². The maximum atomic E-state index is 12.4. The Morgan fingerprint density at radius 2 is 1.73 bits per heavy atom. The monoisotopic (exact) mass is 411 g/mol. The Labute approximate surface area is 178 Å². The smallest absolute Gasteiger partial charge is 0.315 e. The molecule has 0 atom stereocenters. The van der Waals surface area contributed by atoms with Crippen LogP contribution in [0.3, 0.4) is 0 Å². The highest BCUT2D eigenvalue weighted by Gasteiger charge is 2.21. The van der Waals surface area contributed by atoms with Crippen molar-refractivity contribution in [3.05, 3.63) is 24.3 Å². The van der Waals surface area contributed by atoms with Crippen LogP contribution < -0.4 is 10.6 Å². The molecule has 2 aliphatic rings. The number of hydrogen-bond acceptors (Lipinski definition) is 6. The van der Waals surface area contributed by atoms with Crippen molar-refractivity contribution in [2.24, 2.45) is 5.92 Å². The number of amides is 1. The molecule has 2 N–H and O–H groups in total. The van der Waals surface area contributed by atoms with Gasteiger partial charge in [-0.25, -0.2) is 0 Å². The molecule has 1 aliphatic heterocycles. The average molecular weight is 412 g/mol. The highest BCUT2D eigenvalue weighted by molar-refractivity contribution is 5.92. The van der Waals surface area contributed by atoms with E-state index in [0.29, 0.717) is 11.9 Å². The first-order chi connectivity index (χ1) is 14.8. The standard InChI is InChI=1S/C23H33N5O2/c29-21(18-8-3-1-4-9-18)25-20-12-10-19(11-13-20)22-26-27-23(30-22)24-14-7-17-28-15-5-2-6-16-28/h10-13,18H,1-9,14-17H2,(H,24,27)(H,25,29). The molecule has 162 valence electrons. The summed E-state index contributed by atoms with van der Waals surface area (Å²) in [6, 6.07) is 8.06. The van der Waals surface area contributed by atoms with E-state index in [2.05, 4.69) is 25.7 Å². The van der Waals surface area contributed by atoms with Gasteiger partial charge < -0.3 is 20.0 Å². The zero-order valence-corrected chi connectivity index (χ0v) is 17.7. The molecule has 1 saturated heterocycles. The van der Waals surface area contributed by atoms with Crippen LogP contribution in [0.1, 0.15) is 57.8 Å². The summed E-state index contributed by atoms with van der Waals surface area (Å²) in [5, 5.41) is 14.5. The van der Waals surface area contributed by atoms with E-state index in [1.807, 2.05) is 24.3 Å². The van der Waals surface area contributed by atoms with Crippen molar-refractivity contribution in [3.63, 3.8) is 0 Å². The summed E-state index contributed by atoms with van der Waals surface area (Å²) < 4.78 is 5.74. The molecule has 7 nitrogen and oxygen atoms in total. The first-order valence-electron chi connectivity index (χ1n) is 11.5. The minimum Gasteiger partial charge on any atom is -0.403 e. The van der Waals surface area contributed by atoms with Crippen LogP contribution >= 0.6 is 0 Å². The third kappa shape index (κ3) is 5.81. The van der Waals surface area contributed by atoms with Gasteiger partial charge in [0, 0.05) is 23.7 Å². The molecule has 1 amide bonds. The topological polar surface area (TPSA) is 83.3 Å². The number of piperidine rings is 1. The number of carbonyl (C=O) groups excluding carboxylic acids is 1. The van der Waals surface area contributed by atoms with Crippen molar-refractivity contribution in [3.8, 4) is 11.5 Å². The van der Waals surface area contributed by atoms with Crippen molar-refractivity contribution < 1.29 is 9.21 Å². The third-order valence-electron chi connectivity index (χ3n) is 6.18. The fraction of sp³-hybridized carbons (Fsp3) is 0.609. The molecule has 0 bridgehead atoms. The van der Waals surface area contributed by atoms with Crippen LogP contribution in [-0.2, 0) is 4.79 Å². The molecular formula is C23H33N5O2. The molecule has 30 heavy (non-hydrogen) atoms. The van der Waals surface area contributed by atoms with Gasteiger partial charge in [-0.3, -0.25) is 4.79 Å². The van der Waals surface area contributed by atoms with E-state index in [0.717, 1.165) is 56.4 Å². The Kier molecular flexibility index (Phi) is 7.34. The number of rotatable bonds is 8. The van der Waals surface area contributed by atoms with E-state index in [9.17, 15) is 4.79 Å². The van der Waals surface area contributed by atoms with E-state index >= 15 is 0 Å². The normalized spacial score (nSPS) is 18.3. The Hall–Kier alpha value is -2.41. The zero-order chi connectivity index (χ0) is 20.6. The number of carbonyl (C=O) groups is 1. The number of nitrogens with zero attached hydrogens (tertiary/aromatic N) is 3. The van der Waals surface area contributed by atoms with Crippen molar-refractivity contribution in [1.82, 2.24) is 15.1 Å². The summed E-state index contributed by atoms with van der Waals surface area (Å²) in [7, 11) is 0. The number of anilines is 2. The molecule has 0 radical (unpaired) electrons. The van der Waals surface area contributed by atoms with Gasteiger partial charge in [0.15, 0.2) is 0 Å². The molecule has 2 aromatic rings. The quantitative estimate of drug-likeness (QED) is 0.621. The molecular weight excluding hydrogens is 378 g/mol. The largest absolute Gasteiger partial charge is 0.403 e. The van der Waals surface area contributed by atoms with Gasteiger partial charge in [-0.15, -0.1) is 5.10 Å². The van der Waals surface area contributed by atoms with Crippen LogP contribution in [0.5, 0.6) is 0 Å². The van der Waals surface area contributed by atoms with Gasteiger partial charge in [-0.2, -0.15) is 0 Å². The Morgan fingerprint density at radius 3 is 2.50 bits per heavy atom. The first-order valence-corrected chi connectivity index (χ1v) is 11.5. The maximum Gasteiger partial charge on any atom is 0.315 e. The summed E-state index contributed by atoms with van der Waals surface area (Å²) >= 11 is 0. The zero-order valence-electron chi connectivity index (χ0n) is 17.7. The third-order valence-corrected chi connectivity index (χ3v) is 6.18. The van der Waals surface area contributed by atoms with Crippen molar-refractivity contribution in [1.29, 1.82) is 0 Å². The molecule has 1 aromatic heterocycles. The fourth-order valence-corrected chi connectivity index (χ4v) is 4.40. The number of hydrogen-bond donors (Lipinski definition) is 2. The average Bonchev–Trinajstić information content (AvgIpc) is 3.27. The maximum absolute atomic E-state index is 12.4. The predicted octanol–water partition coefficient (Wildman–Crippen LogP) is 4.54. The minimum atomic E-state index is 0.135.